The van der Waals surface area contributed by atoms with Crippen LogP contribution in [0.1, 0.15) is 12.5 Å². The molecular weight excluding hydrogens is 256 g/mol. The second-order valence-corrected chi connectivity index (χ2v) is 5.08. The molecule has 0 spiro atoms. The molecule has 112 valence electrons. The molecule has 1 aromatic rings. The molecule has 0 radical (unpaired) electrons. The number of benzene rings is 1. The monoisotopic (exact) mass is 280 g/mol. The van der Waals surface area contributed by atoms with Crippen molar-refractivity contribution in [3.8, 4) is 17.2 Å². The van der Waals surface area contributed by atoms with E-state index < -0.39 is 0 Å². The highest BCUT2D eigenvalue weighted by atomic mass is 16.5. The summed E-state index contributed by atoms with van der Waals surface area (Å²) in [6.45, 7) is 6.17. The van der Waals surface area contributed by atoms with Crippen LogP contribution in [0.4, 0.5) is 0 Å². The van der Waals surface area contributed by atoms with E-state index >= 15 is 0 Å². The Balaban J connectivity index is 2.22. The van der Waals surface area contributed by atoms with Crippen LogP contribution < -0.4 is 19.5 Å². The van der Waals surface area contributed by atoms with Crippen molar-refractivity contribution in [2.75, 3.05) is 41.0 Å². The van der Waals surface area contributed by atoms with Crippen LogP contribution in [0.2, 0.25) is 0 Å². The van der Waals surface area contributed by atoms with E-state index in [9.17, 15) is 0 Å². The number of ether oxygens (including phenoxy) is 3. The summed E-state index contributed by atoms with van der Waals surface area (Å²) < 4.78 is 16.3. The number of rotatable bonds is 5. The Labute approximate surface area is 120 Å². The highest BCUT2D eigenvalue weighted by molar-refractivity contribution is 5.55. The molecule has 0 aromatic heterocycles. The zero-order chi connectivity index (χ0) is 14.5. The summed E-state index contributed by atoms with van der Waals surface area (Å²) in [5, 5.41) is 3.45. The van der Waals surface area contributed by atoms with Crippen molar-refractivity contribution in [2.24, 2.45) is 0 Å². The molecule has 1 aromatic carbocycles. The third-order valence-electron chi connectivity index (χ3n) is 3.63. The van der Waals surface area contributed by atoms with Crippen LogP contribution in [-0.2, 0) is 6.54 Å². The van der Waals surface area contributed by atoms with Gasteiger partial charge in [0.15, 0.2) is 11.5 Å². The zero-order valence-electron chi connectivity index (χ0n) is 12.7. The molecule has 1 aliphatic rings. The van der Waals surface area contributed by atoms with E-state index in [0.29, 0.717) is 17.5 Å². The Morgan fingerprint density at radius 3 is 2.50 bits per heavy atom. The minimum absolute atomic E-state index is 0.523. The summed E-state index contributed by atoms with van der Waals surface area (Å²) in [5.74, 6) is 2.12. The van der Waals surface area contributed by atoms with Crippen LogP contribution in [0.3, 0.4) is 0 Å². The van der Waals surface area contributed by atoms with Gasteiger partial charge in [-0.15, -0.1) is 0 Å². The molecule has 0 aliphatic carbocycles. The van der Waals surface area contributed by atoms with Crippen molar-refractivity contribution in [2.45, 2.75) is 19.5 Å². The topological polar surface area (TPSA) is 43.0 Å². The van der Waals surface area contributed by atoms with Crippen LogP contribution >= 0.6 is 0 Å². The molecule has 1 fully saturated rings. The first-order valence-corrected chi connectivity index (χ1v) is 6.93. The van der Waals surface area contributed by atoms with E-state index in [1.807, 2.05) is 12.1 Å². The Hall–Kier alpha value is -1.46. The minimum Gasteiger partial charge on any atom is -0.493 e. The predicted molar refractivity (Wildman–Crippen MR) is 78.8 cm³/mol. The van der Waals surface area contributed by atoms with Crippen LogP contribution in [-0.4, -0.2) is 51.9 Å². The lowest BCUT2D eigenvalue weighted by atomic mass is 10.1. The second-order valence-electron chi connectivity index (χ2n) is 5.08. The van der Waals surface area contributed by atoms with E-state index in [0.717, 1.165) is 37.5 Å². The normalized spacial score (nSPS) is 19.7. The smallest absolute Gasteiger partial charge is 0.203 e. The van der Waals surface area contributed by atoms with Gasteiger partial charge in [0.1, 0.15) is 0 Å². The lowest BCUT2D eigenvalue weighted by Crippen LogP contribution is -2.48. The van der Waals surface area contributed by atoms with Crippen LogP contribution in [0.5, 0.6) is 17.2 Å². The summed E-state index contributed by atoms with van der Waals surface area (Å²) in [6, 6.07) is 4.50. The number of nitrogens with zero attached hydrogens (tertiary/aromatic N) is 1. The fraction of sp³-hybridized carbons (Fsp3) is 0.600. The van der Waals surface area contributed by atoms with Gasteiger partial charge in [0, 0.05) is 37.8 Å². The Morgan fingerprint density at radius 2 is 1.90 bits per heavy atom. The maximum Gasteiger partial charge on any atom is 0.203 e. The molecule has 0 saturated carbocycles. The fourth-order valence-corrected chi connectivity index (χ4v) is 2.68. The molecule has 1 atom stereocenters. The van der Waals surface area contributed by atoms with E-state index in [4.69, 9.17) is 14.2 Å². The predicted octanol–water partition coefficient (Wildman–Crippen LogP) is 1.51. The highest BCUT2D eigenvalue weighted by Gasteiger charge is 2.20. The van der Waals surface area contributed by atoms with E-state index in [2.05, 4.69) is 17.1 Å². The van der Waals surface area contributed by atoms with Crippen molar-refractivity contribution in [1.82, 2.24) is 10.2 Å². The third-order valence-corrected chi connectivity index (χ3v) is 3.63. The van der Waals surface area contributed by atoms with Gasteiger partial charge in [-0.1, -0.05) is 6.07 Å². The quantitative estimate of drug-likeness (QED) is 0.885. The number of hydrogen-bond donors (Lipinski definition) is 1. The molecule has 1 N–H and O–H groups in total. The molecule has 1 aliphatic heterocycles. The van der Waals surface area contributed by atoms with Gasteiger partial charge in [0.2, 0.25) is 5.75 Å². The van der Waals surface area contributed by atoms with Gasteiger partial charge >= 0.3 is 0 Å². The Morgan fingerprint density at radius 1 is 1.15 bits per heavy atom. The molecule has 0 bridgehead atoms. The molecule has 20 heavy (non-hydrogen) atoms. The van der Waals surface area contributed by atoms with Crippen molar-refractivity contribution in [3.63, 3.8) is 0 Å². The van der Waals surface area contributed by atoms with Gasteiger partial charge in [-0.25, -0.2) is 0 Å². The summed E-state index contributed by atoms with van der Waals surface area (Å²) in [4.78, 5) is 2.42. The number of piperazine rings is 1. The molecule has 1 heterocycles. The third kappa shape index (κ3) is 3.16. The van der Waals surface area contributed by atoms with Gasteiger partial charge in [-0.05, 0) is 13.0 Å². The van der Waals surface area contributed by atoms with Crippen molar-refractivity contribution in [1.29, 1.82) is 0 Å². The van der Waals surface area contributed by atoms with Crippen LogP contribution in [0.15, 0.2) is 12.1 Å². The molecule has 5 heteroatoms. The summed E-state index contributed by atoms with van der Waals surface area (Å²) >= 11 is 0. The fourth-order valence-electron chi connectivity index (χ4n) is 2.68. The van der Waals surface area contributed by atoms with Crippen LogP contribution in [0.25, 0.3) is 0 Å². The number of methoxy groups -OCH3 is 3. The van der Waals surface area contributed by atoms with Crippen molar-refractivity contribution >= 4 is 0 Å². The molecule has 0 unspecified atom stereocenters. The summed E-state index contributed by atoms with van der Waals surface area (Å²) in [7, 11) is 4.94. The minimum atomic E-state index is 0.523. The van der Waals surface area contributed by atoms with Crippen molar-refractivity contribution < 1.29 is 14.2 Å². The van der Waals surface area contributed by atoms with Gasteiger partial charge in [0.25, 0.3) is 0 Å². The molecule has 1 saturated heterocycles. The SMILES string of the molecule is COc1ccc(CN2CCN[C@H](C)C2)c(OC)c1OC. The summed E-state index contributed by atoms with van der Waals surface area (Å²) in [6.07, 6.45) is 0. The lowest BCUT2D eigenvalue weighted by Gasteiger charge is -2.32. The highest BCUT2D eigenvalue weighted by Crippen LogP contribution is 2.40. The molecular formula is C15H24N2O3. The zero-order valence-corrected chi connectivity index (χ0v) is 12.7. The Kier molecular flexibility index (Phi) is 5.09. The van der Waals surface area contributed by atoms with Crippen molar-refractivity contribution in [3.05, 3.63) is 17.7 Å². The molecule has 2 rings (SSSR count). The van der Waals surface area contributed by atoms with Gasteiger partial charge in [-0.3, -0.25) is 4.90 Å². The first kappa shape index (κ1) is 14.9. The average Bonchev–Trinajstić information content (AvgIpc) is 2.46. The number of hydrogen-bond acceptors (Lipinski definition) is 5. The maximum atomic E-state index is 5.53. The first-order valence-electron chi connectivity index (χ1n) is 6.93. The second kappa shape index (κ2) is 6.81. The van der Waals surface area contributed by atoms with Crippen LogP contribution in [0, 0.1) is 0 Å². The van der Waals surface area contributed by atoms with Gasteiger partial charge in [0.05, 0.1) is 21.3 Å². The van der Waals surface area contributed by atoms with E-state index in [1.165, 1.54) is 0 Å². The Bertz CT molecular complexity index is 451. The number of nitrogens with one attached hydrogen (secondary N) is 1. The van der Waals surface area contributed by atoms with Gasteiger partial charge in [-0.2, -0.15) is 0 Å². The average molecular weight is 280 g/mol. The van der Waals surface area contributed by atoms with E-state index in [-0.39, 0.29) is 0 Å². The lowest BCUT2D eigenvalue weighted by molar-refractivity contribution is 0.196. The summed E-state index contributed by atoms with van der Waals surface area (Å²) in [5.41, 5.74) is 1.12. The molecule has 5 nitrogen and oxygen atoms in total. The first-order chi connectivity index (χ1) is 9.69. The van der Waals surface area contributed by atoms with E-state index in [1.54, 1.807) is 21.3 Å². The molecule has 0 amide bonds. The largest absolute Gasteiger partial charge is 0.493 e. The maximum absolute atomic E-state index is 5.53. The van der Waals surface area contributed by atoms with Gasteiger partial charge < -0.3 is 19.5 Å². The standard InChI is InChI=1S/C15H24N2O3/c1-11-9-17(8-7-16-11)10-12-5-6-13(18-2)15(20-4)14(12)19-3/h5-6,11,16H,7-10H2,1-4H3/t11-/m1/s1.